The van der Waals surface area contributed by atoms with Gasteiger partial charge in [-0.25, -0.2) is 4.39 Å². The molecule has 3 rings (SSSR count). The highest BCUT2D eigenvalue weighted by Crippen LogP contribution is 2.25. The SMILES string of the molecule is CNC(=O)[C@@H](Cc1ccccc1)N(Cc1cccc(Br)c1)C(=O)CSCc1c(F)cccc1Cl. The van der Waals surface area contributed by atoms with Gasteiger partial charge in [0, 0.05) is 40.8 Å². The van der Waals surface area contributed by atoms with Crippen LogP contribution in [0.5, 0.6) is 0 Å². The summed E-state index contributed by atoms with van der Waals surface area (Å²) < 4.78 is 15.0. The minimum atomic E-state index is -0.698. The van der Waals surface area contributed by atoms with Crippen molar-refractivity contribution in [3.05, 3.63) is 105 Å². The van der Waals surface area contributed by atoms with Gasteiger partial charge in [-0.2, -0.15) is 0 Å². The fourth-order valence-electron chi connectivity index (χ4n) is 3.55. The fraction of sp³-hybridized carbons (Fsp3) is 0.231. The van der Waals surface area contributed by atoms with E-state index in [9.17, 15) is 14.0 Å². The second-order valence-corrected chi connectivity index (χ2v) is 9.97. The monoisotopic (exact) mass is 562 g/mol. The van der Waals surface area contributed by atoms with Crippen molar-refractivity contribution >= 4 is 51.1 Å². The number of hydrogen-bond donors (Lipinski definition) is 1. The zero-order valence-corrected chi connectivity index (χ0v) is 21.8. The van der Waals surface area contributed by atoms with Gasteiger partial charge >= 0.3 is 0 Å². The normalized spacial score (nSPS) is 11.6. The summed E-state index contributed by atoms with van der Waals surface area (Å²) in [6.45, 7) is 0.268. The van der Waals surface area contributed by atoms with Crippen LogP contribution in [0.15, 0.2) is 77.3 Å². The highest BCUT2D eigenvalue weighted by molar-refractivity contribution is 9.10. The minimum absolute atomic E-state index is 0.0843. The summed E-state index contributed by atoms with van der Waals surface area (Å²) in [7, 11) is 1.57. The lowest BCUT2D eigenvalue weighted by atomic mass is 10.0. The predicted octanol–water partition coefficient (Wildman–Crippen LogP) is 5.86. The van der Waals surface area contributed by atoms with Crippen molar-refractivity contribution in [1.29, 1.82) is 0 Å². The van der Waals surface area contributed by atoms with Crippen LogP contribution >= 0.6 is 39.3 Å². The first-order chi connectivity index (χ1) is 16.4. The third-order valence-electron chi connectivity index (χ3n) is 5.29. The lowest BCUT2D eigenvalue weighted by Crippen LogP contribution is -2.50. The van der Waals surface area contributed by atoms with Crippen molar-refractivity contribution in [2.75, 3.05) is 12.8 Å². The third kappa shape index (κ3) is 7.32. The first-order valence-electron chi connectivity index (χ1n) is 10.7. The Morgan fingerprint density at radius 3 is 2.44 bits per heavy atom. The van der Waals surface area contributed by atoms with Crippen molar-refractivity contribution in [1.82, 2.24) is 10.2 Å². The number of benzene rings is 3. The van der Waals surface area contributed by atoms with Crippen LogP contribution in [0.3, 0.4) is 0 Å². The van der Waals surface area contributed by atoms with Crippen LogP contribution in [0.4, 0.5) is 4.39 Å². The van der Waals surface area contributed by atoms with E-state index in [1.54, 1.807) is 24.1 Å². The number of rotatable bonds is 10. The van der Waals surface area contributed by atoms with Gasteiger partial charge in [0.1, 0.15) is 11.9 Å². The van der Waals surface area contributed by atoms with Gasteiger partial charge in [-0.15, -0.1) is 11.8 Å². The third-order valence-corrected chi connectivity index (χ3v) is 7.08. The van der Waals surface area contributed by atoms with E-state index >= 15 is 0 Å². The summed E-state index contributed by atoms with van der Waals surface area (Å²) in [4.78, 5) is 27.9. The molecule has 0 saturated carbocycles. The molecule has 0 saturated heterocycles. The maximum Gasteiger partial charge on any atom is 0.242 e. The van der Waals surface area contributed by atoms with Gasteiger partial charge in [-0.3, -0.25) is 9.59 Å². The highest BCUT2D eigenvalue weighted by Gasteiger charge is 2.29. The Bertz CT molecular complexity index is 1110. The van der Waals surface area contributed by atoms with E-state index in [4.69, 9.17) is 11.6 Å². The molecule has 0 radical (unpaired) electrons. The average Bonchev–Trinajstić information content (AvgIpc) is 2.83. The van der Waals surface area contributed by atoms with Crippen LogP contribution in [0.2, 0.25) is 5.02 Å². The number of thioether (sulfide) groups is 1. The van der Waals surface area contributed by atoms with Gasteiger partial charge in [-0.05, 0) is 35.4 Å². The van der Waals surface area contributed by atoms with Gasteiger partial charge < -0.3 is 10.2 Å². The summed E-state index contributed by atoms with van der Waals surface area (Å²) in [5.41, 5.74) is 2.22. The Labute approximate surface area is 217 Å². The van der Waals surface area contributed by atoms with Crippen LogP contribution in [0.25, 0.3) is 0 Å². The van der Waals surface area contributed by atoms with Crippen molar-refractivity contribution in [3.63, 3.8) is 0 Å². The van der Waals surface area contributed by atoms with E-state index in [-0.39, 0.29) is 29.9 Å². The molecule has 3 aromatic carbocycles. The fourth-order valence-corrected chi connectivity index (χ4v) is 5.24. The molecule has 0 aliphatic heterocycles. The van der Waals surface area contributed by atoms with Crippen LogP contribution in [-0.2, 0) is 28.3 Å². The van der Waals surface area contributed by atoms with Crippen LogP contribution < -0.4 is 5.32 Å². The molecule has 8 heteroatoms. The van der Waals surface area contributed by atoms with E-state index < -0.39 is 11.9 Å². The molecule has 0 aromatic heterocycles. The molecule has 0 bridgehead atoms. The number of likely N-dealkylation sites (N-methyl/N-ethyl adjacent to an activating group) is 1. The molecule has 1 N–H and O–H groups in total. The Kier molecular flexibility index (Phi) is 9.99. The van der Waals surface area contributed by atoms with Gasteiger partial charge in [0.15, 0.2) is 0 Å². The van der Waals surface area contributed by atoms with E-state index in [0.29, 0.717) is 17.0 Å². The van der Waals surface area contributed by atoms with Gasteiger partial charge in [0.05, 0.1) is 5.75 Å². The van der Waals surface area contributed by atoms with Crippen LogP contribution in [-0.4, -0.2) is 35.6 Å². The number of halogens is 3. The first-order valence-corrected chi connectivity index (χ1v) is 13.0. The Morgan fingerprint density at radius 1 is 1.06 bits per heavy atom. The van der Waals surface area contributed by atoms with E-state index in [0.717, 1.165) is 15.6 Å². The zero-order chi connectivity index (χ0) is 24.5. The first kappa shape index (κ1) is 26.3. The van der Waals surface area contributed by atoms with Crippen molar-refractivity contribution < 1.29 is 14.0 Å². The molecule has 0 unspecified atom stereocenters. The second kappa shape index (κ2) is 12.9. The lowest BCUT2D eigenvalue weighted by Gasteiger charge is -2.31. The summed E-state index contributed by atoms with van der Waals surface area (Å²) in [5.74, 6) is -0.506. The predicted molar refractivity (Wildman–Crippen MR) is 140 cm³/mol. The van der Waals surface area contributed by atoms with E-state index in [2.05, 4.69) is 21.2 Å². The van der Waals surface area contributed by atoms with Gasteiger partial charge in [-0.1, -0.05) is 76.1 Å². The molecule has 34 heavy (non-hydrogen) atoms. The summed E-state index contributed by atoms with van der Waals surface area (Å²) >= 11 is 10.9. The highest BCUT2D eigenvalue weighted by atomic mass is 79.9. The van der Waals surface area contributed by atoms with Crippen molar-refractivity contribution in [2.45, 2.75) is 24.8 Å². The largest absolute Gasteiger partial charge is 0.357 e. The maximum absolute atomic E-state index is 14.1. The Hall–Kier alpha value is -2.35. The minimum Gasteiger partial charge on any atom is -0.357 e. The maximum atomic E-state index is 14.1. The number of hydrogen-bond acceptors (Lipinski definition) is 3. The zero-order valence-electron chi connectivity index (χ0n) is 18.6. The van der Waals surface area contributed by atoms with E-state index in [1.165, 1.54) is 17.8 Å². The Morgan fingerprint density at radius 2 is 1.76 bits per heavy atom. The van der Waals surface area contributed by atoms with Crippen molar-refractivity contribution in [2.24, 2.45) is 0 Å². The standard InChI is InChI=1S/C26H25BrClFN2O2S/c1-30-26(33)24(14-18-7-3-2-4-8-18)31(15-19-9-5-10-20(27)13-19)25(32)17-34-16-21-22(28)11-6-12-23(21)29/h2-13,24H,14-17H2,1H3,(H,30,33)/t24-/m1/s1. The number of amides is 2. The van der Waals surface area contributed by atoms with Crippen LogP contribution in [0.1, 0.15) is 16.7 Å². The molecule has 2 amide bonds. The Balaban J connectivity index is 1.83. The lowest BCUT2D eigenvalue weighted by molar-refractivity contribution is -0.139. The molecule has 0 fully saturated rings. The molecular weight excluding hydrogens is 539 g/mol. The molecule has 0 aliphatic carbocycles. The van der Waals surface area contributed by atoms with E-state index in [1.807, 2.05) is 54.6 Å². The molecular formula is C26H25BrClFN2O2S. The summed E-state index contributed by atoms with van der Waals surface area (Å²) in [5, 5.41) is 3.03. The number of carbonyl (C=O) groups is 2. The van der Waals surface area contributed by atoms with Gasteiger partial charge in [0.2, 0.25) is 11.8 Å². The number of nitrogens with zero attached hydrogens (tertiary/aromatic N) is 1. The molecule has 0 spiro atoms. The average molecular weight is 564 g/mol. The molecule has 0 aliphatic rings. The number of carbonyl (C=O) groups excluding carboxylic acids is 2. The summed E-state index contributed by atoms with van der Waals surface area (Å²) in [6, 6.07) is 21.1. The van der Waals surface area contributed by atoms with Crippen LogP contribution in [0, 0.1) is 5.82 Å². The summed E-state index contributed by atoms with van der Waals surface area (Å²) in [6.07, 6.45) is 0.379. The molecule has 1 atom stereocenters. The number of nitrogens with one attached hydrogen (secondary N) is 1. The molecule has 178 valence electrons. The molecule has 3 aromatic rings. The smallest absolute Gasteiger partial charge is 0.242 e. The molecule has 4 nitrogen and oxygen atoms in total. The topological polar surface area (TPSA) is 49.4 Å². The second-order valence-electron chi connectivity index (χ2n) is 7.66. The van der Waals surface area contributed by atoms with Crippen molar-refractivity contribution in [3.8, 4) is 0 Å². The van der Waals surface area contributed by atoms with Gasteiger partial charge in [0.25, 0.3) is 0 Å². The molecule has 0 heterocycles. The quantitative estimate of drug-likeness (QED) is 0.336.